The van der Waals surface area contributed by atoms with Gasteiger partial charge in [-0.1, -0.05) is 24.6 Å². The number of aromatic nitrogens is 1. The minimum absolute atomic E-state index is 0.0500. The number of aromatic amines is 1. The maximum atomic E-state index is 12.5. The van der Waals surface area contributed by atoms with Gasteiger partial charge in [0, 0.05) is 41.7 Å². The van der Waals surface area contributed by atoms with Gasteiger partial charge in [-0.25, -0.2) is 0 Å². The highest BCUT2D eigenvalue weighted by Crippen LogP contribution is 2.46. The molecular formula is C22H22N2O3. The van der Waals surface area contributed by atoms with Crippen molar-refractivity contribution in [1.29, 1.82) is 0 Å². The Morgan fingerprint density at radius 3 is 2.74 bits per heavy atom. The topological polar surface area (TPSA) is 63.4 Å². The molecule has 138 valence electrons. The van der Waals surface area contributed by atoms with Gasteiger partial charge in [-0.2, -0.15) is 0 Å². The van der Waals surface area contributed by atoms with Gasteiger partial charge < -0.3 is 19.8 Å². The molecule has 5 nitrogen and oxygen atoms in total. The van der Waals surface area contributed by atoms with E-state index in [9.17, 15) is 4.79 Å². The van der Waals surface area contributed by atoms with Crippen LogP contribution in [0.3, 0.4) is 0 Å². The molecule has 1 aliphatic carbocycles. The lowest BCUT2D eigenvalue weighted by Gasteiger charge is -2.31. The number of nitrogens with one attached hydrogen (secondary N) is 2. The fourth-order valence-corrected chi connectivity index (χ4v) is 4.12. The third-order valence-corrected chi connectivity index (χ3v) is 5.46. The van der Waals surface area contributed by atoms with Crippen molar-refractivity contribution < 1.29 is 14.3 Å². The van der Waals surface area contributed by atoms with Crippen LogP contribution in [0.25, 0.3) is 10.9 Å². The zero-order chi connectivity index (χ0) is 18.3. The number of carbonyl (C=O) groups excluding carboxylic acids is 1. The summed E-state index contributed by atoms with van der Waals surface area (Å²) in [6, 6.07) is 13.6. The number of benzene rings is 2. The van der Waals surface area contributed by atoms with E-state index in [1.165, 1.54) is 6.42 Å². The molecule has 0 bridgehead atoms. The minimum Gasteiger partial charge on any atom is -0.448 e. The zero-order valence-corrected chi connectivity index (χ0v) is 15.1. The third kappa shape index (κ3) is 3.03. The highest BCUT2D eigenvalue weighted by Gasteiger charge is 2.42. The Kier molecular flexibility index (Phi) is 3.81. The number of hydrogen-bond acceptors (Lipinski definition) is 3. The molecule has 2 aliphatic rings. The molecule has 2 aromatic carbocycles. The van der Waals surface area contributed by atoms with Crippen molar-refractivity contribution >= 4 is 22.5 Å². The van der Waals surface area contributed by atoms with Crippen molar-refractivity contribution in [1.82, 2.24) is 4.98 Å². The lowest BCUT2D eigenvalue weighted by atomic mass is 9.94. The van der Waals surface area contributed by atoms with Crippen LogP contribution < -0.4 is 14.8 Å². The van der Waals surface area contributed by atoms with Gasteiger partial charge in [0.2, 0.25) is 5.91 Å². The number of anilines is 1. The number of para-hydroxylation sites is 1. The Labute approximate surface area is 157 Å². The van der Waals surface area contributed by atoms with Crippen LogP contribution >= 0.6 is 0 Å². The van der Waals surface area contributed by atoms with E-state index < -0.39 is 5.79 Å². The predicted molar refractivity (Wildman–Crippen MR) is 104 cm³/mol. The summed E-state index contributed by atoms with van der Waals surface area (Å²) in [6.45, 7) is 0. The Bertz CT molecular complexity index is 1000. The van der Waals surface area contributed by atoms with E-state index in [4.69, 9.17) is 9.47 Å². The van der Waals surface area contributed by atoms with Crippen molar-refractivity contribution in [3.63, 3.8) is 0 Å². The number of carbonyl (C=O) groups is 1. The molecular weight excluding hydrogens is 340 g/mol. The minimum atomic E-state index is -0.493. The van der Waals surface area contributed by atoms with Crippen LogP contribution in [0.2, 0.25) is 0 Å². The molecule has 0 saturated heterocycles. The Balaban J connectivity index is 1.29. The fourth-order valence-electron chi connectivity index (χ4n) is 4.12. The molecule has 1 aliphatic heterocycles. The van der Waals surface area contributed by atoms with Gasteiger partial charge in [-0.15, -0.1) is 0 Å². The second kappa shape index (κ2) is 6.34. The quantitative estimate of drug-likeness (QED) is 0.705. The Hall–Kier alpha value is -2.95. The van der Waals surface area contributed by atoms with Crippen molar-refractivity contribution in [2.75, 3.05) is 5.32 Å². The monoisotopic (exact) mass is 362 g/mol. The molecule has 0 radical (unpaired) electrons. The van der Waals surface area contributed by atoms with Gasteiger partial charge >= 0.3 is 0 Å². The third-order valence-electron chi connectivity index (χ3n) is 5.46. The molecule has 1 saturated carbocycles. The fraction of sp³-hybridized carbons (Fsp3) is 0.318. The first-order valence-electron chi connectivity index (χ1n) is 9.58. The highest BCUT2D eigenvalue weighted by molar-refractivity contribution is 5.96. The highest BCUT2D eigenvalue weighted by atomic mass is 16.7. The van der Waals surface area contributed by atoms with E-state index >= 15 is 0 Å². The van der Waals surface area contributed by atoms with Crippen molar-refractivity contribution in [3.05, 3.63) is 54.2 Å². The number of fused-ring (bicyclic) bond motifs is 2. The average molecular weight is 362 g/mol. The second-order valence-corrected chi connectivity index (χ2v) is 7.42. The normalized spacial score (nSPS) is 17.3. The molecule has 27 heavy (non-hydrogen) atoms. The van der Waals surface area contributed by atoms with Crippen molar-refractivity contribution in [2.24, 2.45) is 0 Å². The average Bonchev–Trinajstić information content (AvgIpc) is 3.23. The standard InChI is InChI=1S/C22H22N2O3/c25-21(12-15-14-23-18-7-3-2-6-17(15)18)24-16-8-9-19-20(13-16)27-22(26-19)10-4-1-5-11-22/h2-3,6-9,13-14,23H,1,4-5,10-12H2,(H,24,25). The molecule has 1 aromatic heterocycles. The summed E-state index contributed by atoms with van der Waals surface area (Å²) in [6.07, 6.45) is 7.55. The van der Waals surface area contributed by atoms with E-state index in [2.05, 4.69) is 10.3 Å². The summed E-state index contributed by atoms with van der Waals surface area (Å²) in [5.74, 6) is 0.951. The second-order valence-electron chi connectivity index (χ2n) is 7.42. The molecule has 2 heterocycles. The van der Waals surface area contributed by atoms with Gasteiger partial charge in [0.1, 0.15) is 0 Å². The molecule has 3 aromatic rings. The number of ether oxygens (including phenoxy) is 2. The van der Waals surface area contributed by atoms with Gasteiger partial charge in [0.25, 0.3) is 5.79 Å². The number of rotatable bonds is 3. The summed E-state index contributed by atoms with van der Waals surface area (Å²) < 4.78 is 12.2. The molecule has 0 atom stereocenters. The van der Waals surface area contributed by atoms with Crippen LogP contribution in [0.1, 0.15) is 37.7 Å². The predicted octanol–water partition coefficient (Wildman–Crippen LogP) is 4.78. The van der Waals surface area contributed by atoms with Crippen LogP contribution in [0.4, 0.5) is 5.69 Å². The molecule has 0 unspecified atom stereocenters. The lowest BCUT2D eigenvalue weighted by Crippen LogP contribution is -2.40. The first-order valence-corrected chi connectivity index (χ1v) is 9.58. The van der Waals surface area contributed by atoms with Crippen LogP contribution in [0, 0.1) is 0 Å². The summed E-state index contributed by atoms with van der Waals surface area (Å²) >= 11 is 0. The number of amides is 1. The van der Waals surface area contributed by atoms with Crippen LogP contribution in [0.5, 0.6) is 11.5 Å². The maximum absolute atomic E-state index is 12.5. The van der Waals surface area contributed by atoms with E-state index in [0.717, 1.165) is 59.3 Å². The molecule has 5 heteroatoms. The van der Waals surface area contributed by atoms with Crippen LogP contribution in [-0.4, -0.2) is 16.7 Å². The lowest BCUT2D eigenvalue weighted by molar-refractivity contribution is -0.115. The summed E-state index contributed by atoms with van der Waals surface area (Å²) in [4.78, 5) is 15.7. The maximum Gasteiger partial charge on any atom is 0.251 e. The largest absolute Gasteiger partial charge is 0.448 e. The van der Waals surface area contributed by atoms with E-state index in [1.54, 1.807) is 0 Å². The molecule has 1 fully saturated rings. The summed E-state index contributed by atoms with van der Waals surface area (Å²) in [5, 5.41) is 4.06. The smallest absolute Gasteiger partial charge is 0.251 e. The van der Waals surface area contributed by atoms with Crippen molar-refractivity contribution in [2.45, 2.75) is 44.3 Å². The van der Waals surface area contributed by atoms with Gasteiger partial charge in [0.05, 0.1) is 6.42 Å². The van der Waals surface area contributed by atoms with Crippen LogP contribution in [0.15, 0.2) is 48.7 Å². The Morgan fingerprint density at radius 2 is 1.85 bits per heavy atom. The SMILES string of the molecule is O=C(Cc1c[nH]c2ccccc12)Nc1ccc2c(c1)OC1(CCCCC1)O2. The molecule has 5 rings (SSSR count). The van der Waals surface area contributed by atoms with Crippen molar-refractivity contribution in [3.8, 4) is 11.5 Å². The van der Waals surface area contributed by atoms with Crippen LogP contribution in [-0.2, 0) is 11.2 Å². The first kappa shape index (κ1) is 16.2. The summed E-state index contributed by atoms with van der Waals surface area (Å²) in [5.41, 5.74) is 2.77. The van der Waals surface area contributed by atoms with Gasteiger partial charge in [-0.3, -0.25) is 4.79 Å². The van der Waals surface area contributed by atoms with E-state index in [-0.39, 0.29) is 5.91 Å². The van der Waals surface area contributed by atoms with E-state index in [0.29, 0.717) is 6.42 Å². The van der Waals surface area contributed by atoms with Gasteiger partial charge in [-0.05, 0) is 36.6 Å². The number of hydrogen-bond donors (Lipinski definition) is 2. The molecule has 1 amide bonds. The van der Waals surface area contributed by atoms with E-state index in [1.807, 2.05) is 48.7 Å². The number of H-pyrrole nitrogens is 1. The first-order chi connectivity index (χ1) is 13.2. The summed E-state index contributed by atoms with van der Waals surface area (Å²) in [7, 11) is 0. The molecule has 2 N–H and O–H groups in total. The zero-order valence-electron chi connectivity index (χ0n) is 15.1. The van der Waals surface area contributed by atoms with Gasteiger partial charge in [0.15, 0.2) is 11.5 Å². The Morgan fingerprint density at radius 1 is 1.04 bits per heavy atom. The molecule has 1 spiro atoms.